The molecule has 0 aliphatic carbocycles. The number of nitrogens with zero attached hydrogens (tertiary/aromatic N) is 3. The highest BCUT2D eigenvalue weighted by atomic mass is 16.6. The Morgan fingerprint density at radius 2 is 2.32 bits per heavy atom. The second-order valence-corrected chi connectivity index (χ2v) is 5.65. The van der Waals surface area contributed by atoms with Crippen molar-refractivity contribution in [3.63, 3.8) is 0 Å². The Morgan fingerprint density at radius 1 is 1.47 bits per heavy atom. The van der Waals surface area contributed by atoms with Gasteiger partial charge in [0.2, 0.25) is 5.82 Å². The molecule has 1 N–H and O–H groups in total. The summed E-state index contributed by atoms with van der Waals surface area (Å²) in [5.41, 5.74) is 1.24. The first-order valence-electron chi connectivity index (χ1n) is 6.67. The summed E-state index contributed by atoms with van der Waals surface area (Å²) in [6, 6.07) is 3.26. The van der Waals surface area contributed by atoms with E-state index >= 15 is 0 Å². The average Bonchev–Trinajstić information content (AvgIpc) is 3.00. The predicted octanol–water partition coefficient (Wildman–Crippen LogP) is 1.49. The van der Waals surface area contributed by atoms with Crippen molar-refractivity contribution in [2.75, 3.05) is 31.1 Å². The quantitative estimate of drug-likeness (QED) is 0.646. The van der Waals surface area contributed by atoms with E-state index in [9.17, 15) is 10.1 Å². The molecule has 102 valence electrons. The van der Waals surface area contributed by atoms with Crippen molar-refractivity contribution < 1.29 is 4.92 Å². The smallest absolute Gasteiger partial charge is 0.311 e. The maximum atomic E-state index is 11.1. The molecule has 1 atom stereocenters. The summed E-state index contributed by atoms with van der Waals surface area (Å²) < 4.78 is 0. The van der Waals surface area contributed by atoms with Crippen molar-refractivity contribution >= 4 is 11.5 Å². The fourth-order valence-corrected chi connectivity index (χ4v) is 3.17. The molecule has 0 amide bonds. The lowest BCUT2D eigenvalue weighted by atomic mass is 9.87. The number of pyridine rings is 1. The van der Waals surface area contributed by atoms with Crippen LogP contribution in [0.2, 0.25) is 0 Å². The number of aryl methyl sites for hydroxylation is 1. The van der Waals surface area contributed by atoms with Crippen LogP contribution in [0.25, 0.3) is 0 Å². The molecule has 1 aromatic heterocycles. The maximum absolute atomic E-state index is 11.1. The largest absolute Gasteiger partial charge is 0.350 e. The van der Waals surface area contributed by atoms with E-state index in [0.717, 1.165) is 44.7 Å². The van der Waals surface area contributed by atoms with E-state index < -0.39 is 0 Å². The minimum atomic E-state index is -0.334. The Hall–Kier alpha value is -1.69. The van der Waals surface area contributed by atoms with Crippen molar-refractivity contribution in [3.05, 3.63) is 27.9 Å². The SMILES string of the molecule is Cc1ccc([N+](=O)[O-])c(N2CCC3(CCNC3)C2)n1. The zero-order valence-corrected chi connectivity index (χ0v) is 11.1. The minimum Gasteiger partial charge on any atom is -0.350 e. The highest BCUT2D eigenvalue weighted by molar-refractivity contribution is 5.59. The third kappa shape index (κ3) is 2.16. The van der Waals surface area contributed by atoms with E-state index in [4.69, 9.17) is 0 Å². The first-order valence-corrected chi connectivity index (χ1v) is 6.67. The zero-order valence-electron chi connectivity index (χ0n) is 11.1. The highest BCUT2D eigenvalue weighted by Gasteiger charge is 2.42. The van der Waals surface area contributed by atoms with Gasteiger partial charge in [0.05, 0.1) is 4.92 Å². The van der Waals surface area contributed by atoms with Crippen LogP contribution in [-0.4, -0.2) is 36.1 Å². The summed E-state index contributed by atoms with van der Waals surface area (Å²) in [4.78, 5) is 17.3. The summed E-state index contributed by atoms with van der Waals surface area (Å²) in [6.07, 6.45) is 2.25. The Morgan fingerprint density at radius 3 is 3.00 bits per heavy atom. The molecule has 2 fully saturated rings. The molecule has 1 aromatic rings. The molecule has 1 unspecified atom stereocenters. The van der Waals surface area contributed by atoms with Gasteiger partial charge in [0.25, 0.3) is 0 Å². The Labute approximate surface area is 112 Å². The maximum Gasteiger partial charge on any atom is 0.311 e. The average molecular weight is 262 g/mol. The van der Waals surface area contributed by atoms with Crippen molar-refractivity contribution in [1.82, 2.24) is 10.3 Å². The molecule has 1 spiro atoms. The number of hydrogen-bond acceptors (Lipinski definition) is 5. The Kier molecular flexibility index (Phi) is 2.89. The second-order valence-electron chi connectivity index (χ2n) is 5.65. The lowest BCUT2D eigenvalue weighted by Crippen LogP contribution is -2.29. The summed E-state index contributed by atoms with van der Waals surface area (Å²) in [5.74, 6) is 0.536. The van der Waals surface area contributed by atoms with Crippen LogP contribution in [0.1, 0.15) is 18.5 Å². The lowest BCUT2D eigenvalue weighted by molar-refractivity contribution is -0.384. The van der Waals surface area contributed by atoms with Gasteiger partial charge in [0.1, 0.15) is 0 Å². The van der Waals surface area contributed by atoms with Crippen LogP contribution in [0.4, 0.5) is 11.5 Å². The van der Waals surface area contributed by atoms with Gasteiger partial charge in [-0.25, -0.2) is 4.98 Å². The van der Waals surface area contributed by atoms with E-state index in [0.29, 0.717) is 11.2 Å². The summed E-state index contributed by atoms with van der Waals surface area (Å²) in [5, 5.41) is 14.5. The van der Waals surface area contributed by atoms with Gasteiger partial charge >= 0.3 is 5.69 Å². The minimum absolute atomic E-state index is 0.119. The molecule has 6 heteroatoms. The van der Waals surface area contributed by atoms with E-state index in [2.05, 4.69) is 15.2 Å². The number of anilines is 1. The number of nitro groups is 1. The van der Waals surface area contributed by atoms with Crippen LogP contribution in [-0.2, 0) is 0 Å². The van der Waals surface area contributed by atoms with Gasteiger partial charge in [-0.1, -0.05) is 0 Å². The van der Waals surface area contributed by atoms with Gasteiger partial charge < -0.3 is 10.2 Å². The predicted molar refractivity (Wildman–Crippen MR) is 72.4 cm³/mol. The van der Waals surface area contributed by atoms with Gasteiger partial charge in [-0.3, -0.25) is 10.1 Å². The van der Waals surface area contributed by atoms with Crippen molar-refractivity contribution in [2.45, 2.75) is 19.8 Å². The van der Waals surface area contributed by atoms with Crippen molar-refractivity contribution in [1.29, 1.82) is 0 Å². The van der Waals surface area contributed by atoms with Crippen molar-refractivity contribution in [2.24, 2.45) is 5.41 Å². The summed E-state index contributed by atoms with van der Waals surface area (Å²) >= 11 is 0. The van der Waals surface area contributed by atoms with E-state index in [1.54, 1.807) is 12.1 Å². The van der Waals surface area contributed by atoms with Crippen molar-refractivity contribution in [3.8, 4) is 0 Å². The number of nitrogens with one attached hydrogen (secondary N) is 1. The van der Waals surface area contributed by atoms with E-state index in [1.165, 1.54) is 0 Å². The molecule has 2 aliphatic rings. The fourth-order valence-electron chi connectivity index (χ4n) is 3.17. The Bertz CT molecular complexity index is 511. The first kappa shape index (κ1) is 12.3. The molecule has 19 heavy (non-hydrogen) atoms. The molecule has 6 nitrogen and oxygen atoms in total. The van der Waals surface area contributed by atoms with Crippen LogP contribution in [0.5, 0.6) is 0 Å². The molecule has 2 aliphatic heterocycles. The molecule has 0 radical (unpaired) electrons. The fraction of sp³-hybridized carbons (Fsp3) is 0.615. The van der Waals surface area contributed by atoms with Gasteiger partial charge in [-0.15, -0.1) is 0 Å². The molecular weight excluding hydrogens is 244 g/mol. The number of rotatable bonds is 2. The van der Waals surface area contributed by atoms with Crippen LogP contribution in [0.3, 0.4) is 0 Å². The molecular formula is C13H18N4O2. The Balaban J connectivity index is 1.90. The summed E-state index contributed by atoms with van der Waals surface area (Å²) in [6.45, 7) is 5.67. The second kappa shape index (κ2) is 4.45. The van der Waals surface area contributed by atoms with Crippen LogP contribution < -0.4 is 10.2 Å². The van der Waals surface area contributed by atoms with E-state index in [1.807, 2.05) is 6.92 Å². The molecule has 0 aromatic carbocycles. The molecule has 2 saturated heterocycles. The normalized spacial score (nSPS) is 26.3. The zero-order chi connectivity index (χ0) is 13.5. The third-order valence-electron chi connectivity index (χ3n) is 4.26. The number of hydrogen-bond donors (Lipinski definition) is 1. The molecule has 3 heterocycles. The van der Waals surface area contributed by atoms with Crippen LogP contribution >= 0.6 is 0 Å². The molecule has 0 bridgehead atoms. The standard InChI is InChI=1S/C13H18N4O2/c1-10-2-3-11(17(18)19)12(15-10)16-7-5-13(9-16)4-6-14-8-13/h2-3,14H,4-9H2,1H3. The van der Waals surface area contributed by atoms with E-state index in [-0.39, 0.29) is 10.6 Å². The lowest BCUT2D eigenvalue weighted by Gasteiger charge is -2.23. The van der Waals surface area contributed by atoms with Gasteiger partial charge in [-0.05, 0) is 32.4 Å². The number of aromatic nitrogens is 1. The van der Waals surface area contributed by atoms with Crippen LogP contribution in [0, 0.1) is 22.5 Å². The van der Waals surface area contributed by atoms with Gasteiger partial charge in [0, 0.05) is 36.8 Å². The monoisotopic (exact) mass is 262 g/mol. The molecule has 0 saturated carbocycles. The van der Waals surface area contributed by atoms with Gasteiger partial charge in [-0.2, -0.15) is 0 Å². The molecule has 3 rings (SSSR count). The third-order valence-corrected chi connectivity index (χ3v) is 4.26. The highest BCUT2D eigenvalue weighted by Crippen LogP contribution is 2.39. The topological polar surface area (TPSA) is 71.3 Å². The summed E-state index contributed by atoms with van der Waals surface area (Å²) in [7, 11) is 0. The van der Waals surface area contributed by atoms with Gasteiger partial charge in [0.15, 0.2) is 0 Å². The first-order chi connectivity index (χ1) is 9.10. The van der Waals surface area contributed by atoms with Crippen LogP contribution in [0.15, 0.2) is 12.1 Å².